The van der Waals surface area contributed by atoms with E-state index in [1.807, 2.05) is 32.0 Å². The van der Waals surface area contributed by atoms with Gasteiger partial charge in [0.2, 0.25) is 21.8 Å². The fourth-order valence-electron chi connectivity index (χ4n) is 6.86. The molecule has 1 saturated heterocycles. The Morgan fingerprint density at radius 2 is 1.73 bits per heavy atom. The molecular formula is C35H46Cl2N8O5S. The number of para-hydroxylation sites is 1. The van der Waals surface area contributed by atoms with Gasteiger partial charge < -0.3 is 31.7 Å². The quantitative estimate of drug-likeness (QED) is 0.114. The number of guanidine groups is 1. The Balaban J connectivity index is 1.26. The van der Waals surface area contributed by atoms with Gasteiger partial charge in [-0.05, 0) is 75.8 Å². The smallest absolute Gasteiger partial charge is 0.243 e. The Morgan fingerprint density at radius 3 is 2.41 bits per heavy atom. The van der Waals surface area contributed by atoms with Gasteiger partial charge in [-0.25, -0.2) is 13.4 Å². The molecule has 7 N–H and O–H groups in total. The molecule has 2 fully saturated rings. The molecule has 2 aliphatic rings. The Hall–Kier alpha value is -3.69. The van der Waals surface area contributed by atoms with Crippen LogP contribution in [0.5, 0.6) is 5.75 Å². The molecule has 16 heteroatoms. The summed E-state index contributed by atoms with van der Waals surface area (Å²) in [5.74, 6) is 0.0399. The monoisotopic (exact) mass is 760 g/mol. The minimum Gasteiger partial charge on any atom is -0.487 e. The number of aliphatic imine (C=N–C) groups is 1. The average Bonchev–Trinajstić information content (AvgIpc) is 3.56. The molecule has 51 heavy (non-hydrogen) atoms. The first-order valence-corrected chi connectivity index (χ1v) is 19.4. The third-order valence-electron chi connectivity index (χ3n) is 9.56. The number of amides is 2. The van der Waals surface area contributed by atoms with Crippen LogP contribution in [0.3, 0.4) is 0 Å². The molecule has 13 nitrogen and oxygen atoms in total. The van der Waals surface area contributed by atoms with Crippen LogP contribution < -0.4 is 26.7 Å². The average molecular weight is 762 g/mol. The zero-order chi connectivity index (χ0) is 36.9. The normalized spacial score (nSPS) is 16.6. The van der Waals surface area contributed by atoms with Crippen LogP contribution in [-0.2, 0) is 26.2 Å². The molecule has 2 heterocycles. The Kier molecular flexibility index (Phi) is 12.3. The predicted molar refractivity (Wildman–Crippen MR) is 199 cm³/mol. The van der Waals surface area contributed by atoms with E-state index >= 15 is 0 Å². The van der Waals surface area contributed by atoms with E-state index in [9.17, 15) is 18.0 Å². The van der Waals surface area contributed by atoms with Gasteiger partial charge in [0, 0.05) is 54.4 Å². The number of carbonyl (C=O) groups excluding carboxylic acids is 2. The summed E-state index contributed by atoms with van der Waals surface area (Å²) in [5, 5.41) is 1.09. The summed E-state index contributed by atoms with van der Waals surface area (Å²) in [6.07, 6.45) is 3.91. The van der Waals surface area contributed by atoms with Crippen molar-refractivity contribution in [3.63, 3.8) is 0 Å². The number of nitrogens with zero attached hydrogens (tertiary/aromatic N) is 4. The molecule has 1 unspecified atom stereocenters. The van der Waals surface area contributed by atoms with Crippen LogP contribution in [0.25, 0.3) is 10.9 Å². The summed E-state index contributed by atoms with van der Waals surface area (Å²) in [6.45, 7) is 5.38. The maximum absolute atomic E-state index is 14.1. The molecule has 2 amide bonds. The highest BCUT2D eigenvalue weighted by Gasteiger charge is 2.47. The van der Waals surface area contributed by atoms with Gasteiger partial charge in [-0.2, -0.15) is 4.72 Å². The second-order valence-corrected chi connectivity index (χ2v) is 15.7. The molecule has 0 radical (unpaired) electrons. The zero-order valence-electron chi connectivity index (χ0n) is 29.0. The maximum atomic E-state index is 14.1. The Labute approximate surface area is 308 Å². The van der Waals surface area contributed by atoms with E-state index in [0.717, 1.165) is 16.6 Å². The lowest BCUT2D eigenvalue weighted by molar-refractivity contribution is -0.144. The molecule has 3 aromatic rings. The van der Waals surface area contributed by atoms with Crippen molar-refractivity contribution in [2.45, 2.75) is 81.9 Å². The minimum absolute atomic E-state index is 0.0275. The first-order chi connectivity index (χ1) is 24.2. The molecule has 276 valence electrons. The number of unbranched alkanes of at least 4 members (excludes halogenated alkanes) is 1. The first kappa shape index (κ1) is 38.5. The van der Waals surface area contributed by atoms with Gasteiger partial charge in [-0.3, -0.25) is 14.6 Å². The summed E-state index contributed by atoms with van der Waals surface area (Å²) < 4.78 is 36.9. The van der Waals surface area contributed by atoms with E-state index in [4.69, 9.17) is 45.1 Å². The largest absolute Gasteiger partial charge is 0.487 e. The molecule has 1 aliphatic carbocycles. The van der Waals surface area contributed by atoms with E-state index < -0.39 is 21.6 Å². The summed E-state index contributed by atoms with van der Waals surface area (Å²) in [7, 11) is -4.30. The number of hydrogen-bond acceptors (Lipinski definition) is 8. The fraction of sp³-hybridized carbons (Fsp3) is 0.486. The maximum Gasteiger partial charge on any atom is 0.243 e. The van der Waals surface area contributed by atoms with Crippen LogP contribution in [0.1, 0.15) is 61.8 Å². The van der Waals surface area contributed by atoms with Crippen LogP contribution >= 0.6 is 23.2 Å². The van der Waals surface area contributed by atoms with E-state index in [0.29, 0.717) is 81.4 Å². The van der Waals surface area contributed by atoms with Gasteiger partial charge in [-0.1, -0.05) is 48.2 Å². The van der Waals surface area contributed by atoms with Crippen molar-refractivity contribution >= 4 is 61.9 Å². The molecule has 5 rings (SSSR count). The highest BCUT2D eigenvalue weighted by Crippen LogP contribution is 2.37. The molecule has 1 aliphatic heterocycles. The predicted octanol–water partition coefficient (Wildman–Crippen LogP) is 3.77. The SMILES string of the molecule is Cc1cc(C)c2cccc(OCc3c(Cl)ccc(S(=O)(=O)NC4(C(=O)N5CCN(C(=O)C(N)CCCCN=C(N)N)CC5)CCCC4)c3Cl)c2n1. The standard InChI is InChI=1S/C35H46Cl2N8O5S/c1-22-20-23(2)42-31-24(22)8-7-10-28(31)50-21-25-26(36)11-12-29(30(25)37)51(48,49)43-35(13-4-5-14-35)33(47)45-18-16-44(17-19-45)32(46)27(38)9-3-6-15-41-34(39)40/h7-8,10-12,20,27,43H,3-6,9,13-19,21,38H2,1-2H3,(H4,39,40,41). The molecule has 0 spiro atoms. The number of nitrogens with two attached hydrogens (primary N) is 3. The van der Waals surface area contributed by atoms with Crippen LogP contribution in [0.2, 0.25) is 10.0 Å². The van der Waals surface area contributed by atoms with Crippen LogP contribution in [0.4, 0.5) is 0 Å². The number of rotatable bonds is 13. The van der Waals surface area contributed by atoms with Gasteiger partial charge in [0.1, 0.15) is 28.3 Å². The second kappa shape index (κ2) is 16.3. The molecule has 0 bridgehead atoms. The number of halogens is 2. The van der Waals surface area contributed by atoms with Crippen molar-refractivity contribution in [1.29, 1.82) is 0 Å². The summed E-state index contributed by atoms with van der Waals surface area (Å²) in [4.78, 5) is 38.8. The van der Waals surface area contributed by atoms with Crippen molar-refractivity contribution in [2.75, 3.05) is 32.7 Å². The van der Waals surface area contributed by atoms with Crippen LogP contribution in [-0.4, -0.2) is 85.3 Å². The summed E-state index contributed by atoms with van der Waals surface area (Å²) in [6, 6.07) is 9.73. The second-order valence-electron chi connectivity index (χ2n) is 13.3. The number of fused-ring (bicyclic) bond motifs is 1. The van der Waals surface area contributed by atoms with Crippen molar-refractivity contribution < 1.29 is 22.7 Å². The van der Waals surface area contributed by atoms with Gasteiger partial charge in [0.15, 0.2) is 5.96 Å². The Morgan fingerprint density at radius 1 is 1.04 bits per heavy atom. The minimum atomic E-state index is -4.30. The first-order valence-electron chi connectivity index (χ1n) is 17.1. The third kappa shape index (κ3) is 8.86. The van der Waals surface area contributed by atoms with Crippen molar-refractivity contribution in [2.24, 2.45) is 22.2 Å². The summed E-state index contributed by atoms with van der Waals surface area (Å²) >= 11 is 13.3. The van der Waals surface area contributed by atoms with E-state index in [-0.39, 0.29) is 52.4 Å². The van der Waals surface area contributed by atoms with E-state index in [1.165, 1.54) is 12.1 Å². The van der Waals surface area contributed by atoms with E-state index in [1.54, 1.807) is 15.9 Å². The number of aromatic nitrogens is 1. The number of piperazine rings is 1. The van der Waals surface area contributed by atoms with Crippen molar-refractivity contribution in [3.05, 3.63) is 63.3 Å². The number of benzene rings is 2. The van der Waals surface area contributed by atoms with Gasteiger partial charge in [0.05, 0.1) is 11.1 Å². The Bertz CT molecular complexity index is 1910. The lowest BCUT2D eigenvalue weighted by atomic mass is 9.96. The number of sulfonamides is 1. The van der Waals surface area contributed by atoms with Crippen molar-refractivity contribution in [3.8, 4) is 5.75 Å². The molecule has 1 atom stereocenters. The highest BCUT2D eigenvalue weighted by molar-refractivity contribution is 7.89. The van der Waals surface area contributed by atoms with E-state index in [2.05, 4.69) is 14.7 Å². The lowest BCUT2D eigenvalue weighted by Crippen LogP contribution is -2.62. The highest BCUT2D eigenvalue weighted by atomic mass is 35.5. The number of pyridine rings is 1. The molecule has 2 aromatic carbocycles. The molecular weight excluding hydrogens is 715 g/mol. The van der Waals surface area contributed by atoms with Crippen LogP contribution in [0, 0.1) is 13.8 Å². The van der Waals surface area contributed by atoms with Gasteiger partial charge >= 0.3 is 0 Å². The van der Waals surface area contributed by atoms with Crippen molar-refractivity contribution in [1.82, 2.24) is 19.5 Å². The van der Waals surface area contributed by atoms with Gasteiger partial charge in [-0.15, -0.1) is 0 Å². The number of aryl methyl sites for hydroxylation is 2. The van der Waals surface area contributed by atoms with Gasteiger partial charge in [0.25, 0.3) is 0 Å². The number of ether oxygens (including phenoxy) is 1. The third-order valence-corrected chi connectivity index (χ3v) is 12.0. The lowest BCUT2D eigenvalue weighted by Gasteiger charge is -2.40. The number of hydrogen-bond donors (Lipinski definition) is 4. The topological polar surface area (TPSA) is 199 Å². The molecule has 1 saturated carbocycles. The number of nitrogens with one attached hydrogen (secondary N) is 1. The molecule has 1 aromatic heterocycles. The van der Waals surface area contributed by atoms with Crippen LogP contribution in [0.15, 0.2) is 46.3 Å². The summed E-state index contributed by atoms with van der Waals surface area (Å²) in [5.41, 5.74) is 18.4. The fourth-order valence-corrected chi connectivity index (χ4v) is 9.17. The zero-order valence-corrected chi connectivity index (χ0v) is 31.3. The number of carbonyl (C=O) groups is 2.